The number of aromatic nitrogens is 1. The van der Waals surface area contributed by atoms with E-state index in [2.05, 4.69) is 41.4 Å². The topological polar surface area (TPSA) is 78.8 Å². The van der Waals surface area contributed by atoms with Gasteiger partial charge in [0.05, 0.1) is 18.8 Å². The monoisotopic (exact) mass is 322 g/mol. The summed E-state index contributed by atoms with van der Waals surface area (Å²) in [5, 5.41) is 16.5. The third-order valence-corrected chi connectivity index (χ3v) is 3.56. The van der Waals surface area contributed by atoms with Crippen LogP contribution in [0.3, 0.4) is 0 Å². The molecule has 0 bridgehead atoms. The number of aliphatic hydroxyl groups is 1. The van der Waals surface area contributed by atoms with Crippen molar-refractivity contribution in [2.24, 2.45) is 10.4 Å². The molecule has 0 aliphatic rings. The van der Waals surface area contributed by atoms with Crippen molar-refractivity contribution < 1.29 is 9.84 Å². The standard InChI is InChI=1S/C17H30N4O2/c1-6-19-16(21-12-15(23-5)17(2,3)4)20-11-14(22)13-7-9-18-10-8-13/h7-10,14-15,22H,6,11-12H2,1-5H3,(H2,19,20,21). The van der Waals surface area contributed by atoms with E-state index < -0.39 is 6.10 Å². The van der Waals surface area contributed by atoms with Crippen LogP contribution < -0.4 is 10.6 Å². The third kappa shape index (κ3) is 6.97. The number of rotatable bonds is 7. The molecule has 6 nitrogen and oxygen atoms in total. The van der Waals surface area contributed by atoms with Crippen LogP contribution in [0.15, 0.2) is 29.5 Å². The number of aliphatic imine (C=N–C) groups is 1. The summed E-state index contributed by atoms with van der Waals surface area (Å²) in [5.41, 5.74) is 0.847. The lowest BCUT2D eigenvalue weighted by Gasteiger charge is -2.28. The van der Waals surface area contributed by atoms with Crippen molar-refractivity contribution in [2.45, 2.75) is 39.9 Å². The van der Waals surface area contributed by atoms with Crippen LogP contribution in [0, 0.1) is 5.41 Å². The summed E-state index contributed by atoms with van der Waals surface area (Å²) in [6.07, 6.45) is 2.76. The van der Waals surface area contributed by atoms with Gasteiger partial charge >= 0.3 is 0 Å². The summed E-state index contributed by atoms with van der Waals surface area (Å²) in [5.74, 6) is 0.673. The molecule has 2 unspecified atom stereocenters. The van der Waals surface area contributed by atoms with Crippen LogP contribution in [0.2, 0.25) is 0 Å². The van der Waals surface area contributed by atoms with Gasteiger partial charge in [-0.15, -0.1) is 0 Å². The highest BCUT2D eigenvalue weighted by atomic mass is 16.5. The van der Waals surface area contributed by atoms with Gasteiger partial charge in [-0.25, -0.2) is 0 Å². The Hall–Kier alpha value is -1.66. The summed E-state index contributed by atoms with van der Waals surface area (Å²) in [6.45, 7) is 10.1. The third-order valence-electron chi connectivity index (χ3n) is 3.56. The fraction of sp³-hybridized carbons (Fsp3) is 0.647. The average Bonchev–Trinajstić information content (AvgIpc) is 2.52. The molecule has 130 valence electrons. The summed E-state index contributed by atoms with van der Waals surface area (Å²) in [4.78, 5) is 8.51. The lowest BCUT2D eigenvalue weighted by Crippen LogP contribution is -2.41. The van der Waals surface area contributed by atoms with Crippen LogP contribution in [0.4, 0.5) is 0 Å². The Bertz CT molecular complexity index is 471. The SMILES string of the molecule is CCNC(=NCC(OC)C(C)(C)C)NCC(O)c1ccncc1. The number of aliphatic hydroxyl groups excluding tert-OH is 1. The quantitative estimate of drug-likeness (QED) is 0.526. The number of hydrogen-bond donors (Lipinski definition) is 3. The van der Waals surface area contributed by atoms with E-state index in [0.29, 0.717) is 19.0 Å². The Morgan fingerprint density at radius 1 is 1.30 bits per heavy atom. The van der Waals surface area contributed by atoms with E-state index in [9.17, 15) is 5.11 Å². The van der Waals surface area contributed by atoms with Crippen molar-refractivity contribution in [1.29, 1.82) is 0 Å². The van der Waals surface area contributed by atoms with Crippen molar-refractivity contribution >= 4 is 5.96 Å². The normalized spacial score (nSPS) is 15.1. The molecule has 0 aliphatic carbocycles. The predicted molar refractivity (Wildman–Crippen MR) is 93.4 cm³/mol. The minimum Gasteiger partial charge on any atom is -0.387 e. The highest BCUT2D eigenvalue weighted by Crippen LogP contribution is 2.21. The van der Waals surface area contributed by atoms with Crippen LogP contribution in [0.25, 0.3) is 0 Å². The molecule has 0 radical (unpaired) electrons. The van der Waals surface area contributed by atoms with Gasteiger partial charge in [-0.2, -0.15) is 0 Å². The molecular weight excluding hydrogens is 292 g/mol. The summed E-state index contributed by atoms with van der Waals surface area (Å²) < 4.78 is 5.52. The Labute approximate surface area is 139 Å². The van der Waals surface area contributed by atoms with Gasteiger partial charge in [0.1, 0.15) is 0 Å². The highest BCUT2D eigenvalue weighted by molar-refractivity contribution is 5.79. The van der Waals surface area contributed by atoms with E-state index in [1.165, 1.54) is 0 Å². The number of nitrogens with one attached hydrogen (secondary N) is 2. The van der Waals surface area contributed by atoms with Gasteiger partial charge in [-0.05, 0) is 30.0 Å². The summed E-state index contributed by atoms with van der Waals surface area (Å²) in [6, 6.07) is 3.61. The molecule has 0 aromatic carbocycles. The number of hydrogen-bond acceptors (Lipinski definition) is 4. The molecule has 0 amide bonds. The predicted octanol–water partition coefficient (Wildman–Crippen LogP) is 1.73. The first kappa shape index (κ1) is 19.4. The molecule has 3 N–H and O–H groups in total. The lowest BCUT2D eigenvalue weighted by molar-refractivity contribution is 0.0241. The number of guanidine groups is 1. The molecule has 6 heteroatoms. The van der Waals surface area contributed by atoms with Crippen LogP contribution >= 0.6 is 0 Å². The van der Waals surface area contributed by atoms with Gasteiger partial charge in [0.15, 0.2) is 5.96 Å². The summed E-state index contributed by atoms with van der Waals surface area (Å²) in [7, 11) is 1.71. The lowest BCUT2D eigenvalue weighted by atomic mass is 9.89. The summed E-state index contributed by atoms with van der Waals surface area (Å²) >= 11 is 0. The molecule has 2 atom stereocenters. The number of nitrogens with zero attached hydrogens (tertiary/aromatic N) is 2. The molecule has 1 rings (SSSR count). The molecule has 1 aromatic rings. The van der Waals surface area contributed by atoms with Crippen molar-refractivity contribution in [2.75, 3.05) is 26.7 Å². The second kappa shape index (κ2) is 9.47. The van der Waals surface area contributed by atoms with Crippen LogP contribution in [0.5, 0.6) is 0 Å². The largest absolute Gasteiger partial charge is 0.387 e. The van der Waals surface area contributed by atoms with E-state index >= 15 is 0 Å². The minimum absolute atomic E-state index is 0.0200. The number of methoxy groups -OCH3 is 1. The molecule has 0 saturated heterocycles. The maximum atomic E-state index is 10.2. The Morgan fingerprint density at radius 3 is 2.48 bits per heavy atom. The maximum absolute atomic E-state index is 10.2. The number of ether oxygens (including phenoxy) is 1. The zero-order valence-electron chi connectivity index (χ0n) is 14.8. The van der Waals surface area contributed by atoms with E-state index in [1.807, 2.05) is 6.92 Å². The van der Waals surface area contributed by atoms with Crippen LogP contribution in [-0.4, -0.2) is 48.9 Å². The van der Waals surface area contributed by atoms with E-state index in [4.69, 9.17) is 4.74 Å². The first-order valence-corrected chi connectivity index (χ1v) is 8.01. The van der Waals surface area contributed by atoms with Gasteiger partial charge in [-0.1, -0.05) is 20.8 Å². The second-order valence-electron chi connectivity index (χ2n) is 6.49. The Morgan fingerprint density at radius 2 is 1.96 bits per heavy atom. The first-order valence-electron chi connectivity index (χ1n) is 8.01. The van der Waals surface area contributed by atoms with E-state index in [-0.39, 0.29) is 11.5 Å². The van der Waals surface area contributed by atoms with Gasteiger partial charge in [0.2, 0.25) is 0 Å². The molecule has 0 aliphatic heterocycles. The van der Waals surface area contributed by atoms with Crippen LogP contribution in [0.1, 0.15) is 39.4 Å². The van der Waals surface area contributed by atoms with Crippen LogP contribution in [-0.2, 0) is 4.74 Å². The van der Waals surface area contributed by atoms with Gasteiger partial charge in [-0.3, -0.25) is 9.98 Å². The smallest absolute Gasteiger partial charge is 0.191 e. The zero-order valence-corrected chi connectivity index (χ0v) is 14.8. The first-order chi connectivity index (χ1) is 10.9. The Kier molecular flexibility index (Phi) is 7.98. The van der Waals surface area contributed by atoms with Gasteiger partial charge < -0.3 is 20.5 Å². The zero-order chi connectivity index (χ0) is 17.3. The molecule has 1 heterocycles. The highest BCUT2D eigenvalue weighted by Gasteiger charge is 2.24. The Balaban J connectivity index is 2.62. The fourth-order valence-corrected chi connectivity index (χ4v) is 2.11. The van der Waals surface area contributed by atoms with E-state index in [0.717, 1.165) is 12.1 Å². The van der Waals surface area contributed by atoms with Crippen molar-refractivity contribution in [3.8, 4) is 0 Å². The molecule has 1 aromatic heterocycles. The second-order valence-corrected chi connectivity index (χ2v) is 6.49. The average molecular weight is 322 g/mol. The van der Waals surface area contributed by atoms with Crippen molar-refractivity contribution in [3.05, 3.63) is 30.1 Å². The van der Waals surface area contributed by atoms with Crippen molar-refractivity contribution in [3.63, 3.8) is 0 Å². The van der Waals surface area contributed by atoms with E-state index in [1.54, 1.807) is 31.6 Å². The minimum atomic E-state index is -0.609. The van der Waals surface area contributed by atoms with Gasteiger partial charge in [0, 0.05) is 32.6 Å². The molecule has 23 heavy (non-hydrogen) atoms. The number of pyridine rings is 1. The molecular formula is C17H30N4O2. The fourth-order valence-electron chi connectivity index (χ4n) is 2.11. The van der Waals surface area contributed by atoms with Crippen molar-refractivity contribution in [1.82, 2.24) is 15.6 Å². The molecule has 0 fully saturated rings. The maximum Gasteiger partial charge on any atom is 0.191 e. The molecule has 0 saturated carbocycles. The molecule has 0 spiro atoms. The van der Waals surface area contributed by atoms with Gasteiger partial charge in [0.25, 0.3) is 0 Å².